The highest BCUT2D eigenvalue weighted by Crippen LogP contribution is 2.34. The highest BCUT2D eigenvalue weighted by atomic mass is 19.4. The van der Waals surface area contributed by atoms with E-state index in [2.05, 4.69) is 30.8 Å². The summed E-state index contributed by atoms with van der Waals surface area (Å²) >= 11 is 0. The average Bonchev–Trinajstić information content (AvgIpc) is 3.52. The van der Waals surface area contributed by atoms with Crippen LogP contribution in [0.4, 0.5) is 29.3 Å². The van der Waals surface area contributed by atoms with Crippen LogP contribution in [0.5, 0.6) is 5.75 Å². The number of urea groups is 1. The molecule has 0 saturated carbocycles. The number of hydrogen-bond acceptors (Lipinski definition) is 8. The minimum absolute atomic E-state index is 0.0804. The summed E-state index contributed by atoms with van der Waals surface area (Å²) in [6.07, 6.45) is 0.288. The summed E-state index contributed by atoms with van der Waals surface area (Å²) in [7, 11) is 1.61. The van der Waals surface area contributed by atoms with Crippen LogP contribution in [0.2, 0.25) is 0 Å². The Kier molecular flexibility index (Phi) is 8.48. The average molecular weight is 593 g/mol. The number of amides is 2. The number of benzene rings is 1. The van der Waals surface area contributed by atoms with E-state index in [4.69, 9.17) is 14.5 Å². The van der Waals surface area contributed by atoms with Gasteiger partial charge in [0.1, 0.15) is 11.3 Å². The SMILES string of the molecule is COc1ccc(COCc2ccc3ncc(NC(=O)Nc4cnc(-n5nccn5)c(C(F)(F)F)c4)c(C(C)C)c3n2)cc1. The summed E-state index contributed by atoms with van der Waals surface area (Å²) in [6.45, 7) is 4.50. The van der Waals surface area contributed by atoms with E-state index in [9.17, 15) is 18.0 Å². The van der Waals surface area contributed by atoms with Crippen molar-refractivity contribution in [1.82, 2.24) is 29.9 Å². The Hall–Kier alpha value is -5.11. The van der Waals surface area contributed by atoms with Gasteiger partial charge in [-0.1, -0.05) is 26.0 Å². The van der Waals surface area contributed by atoms with E-state index in [1.54, 1.807) is 7.11 Å². The summed E-state index contributed by atoms with van der Waals surface area (Å²) in [5.74, 6) is 0.164. The van der Waals surface area contributed by atoms with Gasteiger partial charge in [0.15, 0.2) is 5.82 Å². The van der Waals surface area contributed by atoms with Crippen molar-refractivity contribution < 1.29 is 27.4 Å². The highest BCUT2D eigenvalue weighted by molar-refractivity contribution is 6.01. The molecule has 222 valence electrons. The number of carbonyl (C=O) groups is 1. The lowest BCUT2D eigenvalue weighted by atomic mass is 10.00. The van der Waals surface area contributed by atoms with Crippen molar-refractivity contribution in [2.75, 3.05) is 17.7 Å². The third-order valence-electron chi connectivity index (χ3n) is 6.35. The lowest BCUT2D eigenvalue weighted by molar-refractivity contribution is -0.137. The van der Waals surface area contributed by atoms with Gasteiger partial charge in [0.2, 0.25) is 0 Å². The fraction of sp³-hybridized carbons (Fsp3) is 0.241. The zero-order chi connectivity index (χ0) is 30.6. The first-order valence-electron chi connectivity index (χ1n) is 13.1. The number of nitrogens with one attached hydrogen (secondary N) is 2. The van der Waals surface area contributed by atoms with Crippen molar-refractivity contribution in [2.45, 2.75) is 39.2 Å². The third-order valence-corrected chi connectivity index (χ3v) is 6.35. The molecule has 4 aromatic heterocycles. The second-order valence-corrected chi connectivity index (χ2v) is 9.74. The number of anilines is 2. The number of nitrogens with zero attached hydrogens (tertiary/aromatic N) is 6. The Balaban J connectivity index is 1.33. The number of methoxy groups -OCH3 is 1. The molecule has 0 unspecified atom stereocenters. The summed E-state index contributed by atoms with van der Waals surface area (Å²) in [5, 5.41) is 12.5. The van der Waals surface area contributed by atoms with Crippen LogP contribution in [-0.2, 0) is 24.1 Å². The molecule has 0 bridgehead atoms. The van der Waals surface area contributed by atoms with E-state index in [0.717, 1.165) is 28.4 Å². The van der Waals surface area contributed by atoms with Crippen LogP contribution < -0.4 is 15.4 Å². The van der Waals surface area contributed by atoms with Crippen molar-refractivity contribution in [1.29, 1.82) is 0 Å². The predicted octanol–water partition coefficient (Wildman–Crippen LogP) is 6.12. The van der Waals surface area contributed by atoms with Gasteiger partial charge in [-0.05, 0) is 41.8 Å². The number of alkyl halides is 3. The molecule has 4 heterocycles. The zero-order valence-corrected chi connectivity index (χ0v) is 23.4. The van der Waals surface area contributed by atoms with Gasteiger partial charge in [0.05, 0.1) is 73.2 Å². The first kappa shape index (κ1) is 29.4. The van der Waals surface area contributed by atoms with E-state index in [1.807, 2.05) is 50.2 Å². The number of aromatic nitrogens is 6. The second kappa shape index (κ2) is 12.4. The van der Waals surface area contributed by atoms with E-state index in [0.29, 0.717) is 34.6 Å². The van der Waals surface area contributed by atoms with Crippen LogP contribution in [0.25, 0.3) is 16.9 Å². The monoisotopic (exact) mass is 592 g/mol. The van der Waals surface area contributed by atoms with Crippen molar-refractivity contribution in [3.05, 3.63) is 89.6 Å². The molecule has 0 aliphatic heterocycles. The summed E-state index contributed by atoms with van der Waals surface area (Å²) in [5.41, 5.74) is 2.65. The van der Waals surface area contributed by atoms with Gasteiger partial charge in [-0.3, -0.25) is 4.98 Å². The maximum atomic E-state index is 13.8. The molecule has 0 aliphatic rings. The molecular formula is C29H27F3N8O3. The number of fused-ring (bicyclic) bond motifs is 1. The van der Waals surface area contributed by atoms with Crippen molar-refractivity contribution in [2.24, 2.45) is 0 Å². The lowest BCUT2D eigenvalue weighted by Gasteiger charge is -2.17. The Morgan fingerprint density at radius 2 is 1.72 bits per heavy atom. The Labute approximate surface area is 244 Å². The van der Waals surface area contributed by atoms with Crippen molar-refractivity contribution >= 4 is 28.4 Å². The largest absolute Gasteiger partial charge is 0.497 e. The van der Waals surface area contributed by atoms with Crippen molar-refractivity contribution in [3.63, 3.8) is 0 Å². The quantitative estimate of drug-likeness (QED) is 0.210. The van der Waals surface area contributed by atoms with Crippen LogP contribution >= 0.6 is 0 Å². The zero-order valence-electron chi connectivity index (χ0n) is 23.4. The number of rotatable bonds is 9. The van der Waals surface area contributed by atoms with Crippen LogP contribution in [0.1, 0.15) is 42.1 Å². The topological polar surface area (TPSA) is 129 Å². The number of ether oxygens (including phenoxy) is 2. The van der Waals surface area contributed by atoms with E-state index >= 15 is 0 Å². The van der Waals surface area contributed by atoms with E-state index < -0.39 is 23.6 Å². The van der Waals surface area contributed by atoms with Crippen LogP contribution in [0, 0.1) is 0 Å². The fourth-order valence-electron chi connectivity index (χ4n) is 4.39. The number of hydrogen-bond donors (Lipinski definition) is 2. The molecule has 0 aliphatic carbocycles. The second-order valence-electron chi connectivity index (χ2n) is 9.74. The molecule has 14 heteroatoms. The van der Waals surface area contributed by atoms with E-state index in [-0.39, 0.29) is 18.2 Å². The van der Waals surface area contributed by atoms with Gasteiger partial charge in [0, 0.05) is 5.56 Å². The number of pyridine rings is 3. The molecule has 43 heavy (non-hydrogen) atoms. The minimum atomic E-state index is -4.76. The standard InChI is InChI=1S/C29H27F3N8O3/c1-17(2)25-24(39-28(41)38-20-12-22(29(30,31)32)27(34-13-20)40-35-10-11-36-40)14-33-23-9-6-19(37-26(23)25)16-43-15-18-4-7-21(42-3)8-5-18/h4-14,17H,15-16H2,1-3H3,(H2,38,39,41). The van der Waals surface area contributed by atoms with Crippen LogP contribution in [0.15, 0.2) is 67.3 Å². The van der Waals surface area contributed by atoms with E-state index in [1.165, 1.54) is 18.6 Å². The molecule has 0 spiro atoms. The molecule has 1 aromatic carbocycles. The summed E-state index contributed by atoms with van der Waals surface area (Å²) in [4.78, 5) is 26.7. The predicted molar refractivity (Wildman–Crippen MR) is 152 cm³/mol. The molecule has 2 N–H and O–H groups in total. The first-order valence-corrected chi connectivity index (χ1v) is 13.1. The van der Waals surface area contributed by atoms with Crippen LogP contribution in [0.3, 0.4) is 0 Å². The van der Waals surface area contributed by atoms with Gasteiger partial charge >= 0.3 is 12.2 Å². The maximum absolute atomic E-state index is 13.8. The van der Waals surface area contributed by atoms with Crippen molar-refractivity contribution in [3.8, 4) is 11.6 Å². The highest BCUT2D eigenvalue weighted by Gasteiger charge is 2.36. The van der Waals surface area contributed by atoms with Gasteiger partial charge in [-0.15, -0.1) is 4.80 Å². The molecule has 0 fully saturated rings. The molecule has 5 aromatic rings. The van der Waals surface area contributed by atoms with Gasteiger partial charge in [-0.2, -0.15) is 23.4 Å². The Bertz CT molecular complexity index is 1730. The molecule has 5 rings (SSSR count). The summed E-state index contributed by atoms with van der Waals surface area (Å²) in [6, 6.07) is 11.2. The normalized spacial score (nSPS) is 11.6. The fourth-order valence-corrected chi connectivity index (χ4v) is 4.39. The molecule has 0 radical (unpaired) electrons. The molecule has 0 saturated heterocycles. The third kappa shape index (κ3) is 6.86. The van der Waals surface area contributed by atoms with Gasteiger partial charge in [-0.25, -0.2) is 14.8 Å². The summed E-state index contributed by atoms with van der Waals surface area (Å²) < 4.78 is 52.3. The Morgan fingerprint density at radius 1 is 0.977 bits per heavy atom. The van der Waals surface area contributed by atoms with Crippen LogP contribution in [-0.4, -0.2) is 43.1 Å². The van der Waals surface area contributed by atoms with Gasteiger partial charge in [0.25, 0.3) is 0 Å². The first-order chi connectivity index (χ1) is 20.6. The molecule has 11 nitrogen and oxygen atoms in total. The number of carbonyl (C=O) groups excluding carboxylic acids is 1. The maximum Gasteiger partial charge on any atom is 0.420 e. The smallest absolute Gasteiger partial charge is 0.420 e. The lowest BCUT2D eigenvalue weighted by Crippen LogP contribution is -2.22. The molecule has 2 amide bonds. The Morgan fingerprint density at radius 3 is 2.40 bits per heavy atom. The van der Waals surface area contributed by atoms with Gasteiger partial charge < -0.3 is 20.1 Å². The molecular weight excluding hydrogens is 565 g/mol. The molecule has 0 atom stereocenters. The number of halogens is 3. The minimum Gasteiger partial charge on any atom is -0.497 e.